The third kappa shape index (κ3) is 4.57. The SMILES string of the molecule is Cn1ccc(=O)n(-c2cc(N=C3SC(CC(=O)O)C(=O)N3CC(=O)O)c(Cl)cc2F)c1=O. The van der Waals surface area contributed by atoms with Gasteiger partial charge >= 0.3 is 17.6 Å². The van der Waals surface area contributed by atoms with Gasteiger partial charge in [-0.3, -0.25) is 24.1 Å². The molecule has 1 aromatic heterocycles. The first-order valence-corrected chi connectivity index (χ1v) is 10.0. The highest BCUT2D eigenvalue weighted by Crippen LogP contribution is 2.35. The van der Waals surface area contributed by atoms with E-state index in [0.717, 1.165) is 27.7 Å². The molecule has 1 fully saturated rings. The Hall–Kier alpha value is -3.45. The number of nitrogens with zero attached hydrogens (tertiary/aromatic N) is 4. The molecule has 14 heteroatoms. The predicted octanol–water partition coefficient (Wildman–Crippen LogP) is 0.819. The van der Waals surface area contributed by atoms with Gasteiger partial charge in [0.15, 0.2) is 5.17 Å². The quantitative estimate of drug-likeness (QED) is 0.611. The van der Waals surface area contributed by atoms with Crippen LogP contribution in [0.5, 0.6) is 0 Å². The van der Waals surface area contributed by atoms with Crippen molar-refractivity contribution in [2.75, 3.05) is 6.54 Å². The number of aliphatic carboxylic acids is 2. The van der Waals surface area contributed by atoms with Crippen LogP contribution in [0, 0.1) is 5.82 Å². The molecule has 11 nitrogen and oxygen atoms in total. The fourth-order valence-electron chi connectivity index (χ4n) is 2.84. The van der Waals surface area contributed by atoms with Crippen molar-refractivity contribution in [2.24, 2.45) is 12.0 Å². The molecule has 0 aliphatic carbocycles. The van der Waals surface area contributed by atoms with Crippen LogP contribution in [0.25, 0.3) is 5.69 Å². The maximum absolute atomic E-state index is 14.6. The number of benzene rings is 1. The number of carbonyl (C=O) groups excluding carboxylic acids is 1. The van der Waals surface area contributed by atoms with E-state index in [-0.39, 0.29) is 15.9 Å². The average molecular weight is 485 g/mol. The molecule has 3 rings (SSSR count). The molecule has 2 N–H and O–H groups in total. The van der Waals surface area contributed by atoms with E-state index in [1.807, 2.05) is 0 Å². The third-order valence-corrected chi connectivity index (χ3v) is 5.78. The van der Waals surface area contributed by atoms with E-state index in [0.29, 0.717) is 16.3 Å². The first-order chi connectivity index (χ1) is 15.0. The van der Waals surface area contributed by atoms with Crippen molar-refractivity contribution >= 4 is 52.1 Å². The minimum atomic E-state index is -1.37. The number of amidine groups is 1. The monoisotopic (exact) mass is 484 g/mol. The van der Waals surface area contributed by atoms with Gasteiger partial charge in [0.25, 0.3) is 5.56 Å². The molecule has 1 unspecified atom stereocenters. The normalized spacial score (nSPS) is 17.2. The number of amides is 1. The summed E-state index contributed by atoms with van der Waals surface area (Å²) in [6.45, 7) is -0.787. The Bertz CT molecular complexity index is 1290. The van der Waals surface area contributed by atoms with Gasteiger partial charge in [0.05, 0.1) is 22.8 Å². The van der Waals surface area contributed by atoms with Gasteiger partial charge in [0, 0.05) is 19.3 Å². The highest BCUT2D eigenvalue weighted by atomic mass is 35.5. The zero-order chi connectivity index (χ0) is 23.7. The zero-order valence-electron chi connectivity index (χ0n) is 16.2. The molecule has 2 heterocycles. The Morgan fingerprint density at radius 1 is 1.22 bits per heavy atom. The summed E-state index contributed by atoms with van der Waals surface area (Å²) in [6, 6.07) is 2.87. The number of rotatable bonds is 6. The van der Waals surface area contributed by atoms with Gasteiger partial charge in [0.2, 0.25) is 5.91 Å². The molecule has 0 bridgehead atoms. The number of aromatic nitrogens is 2. The van der Waals surface area contributed by atoms with Crippen molar-refractivity contribution in [3.05, 3.63) is 56.1 Å². The molecular formula is C18H14ClFN4O7S. The number of aliphatic imine (C=N–C) groups is 1. The molecule has 1 amide bonds. The molecule has 0 saturated carbocycles. The van der Waals surface area contributed by atoms with E-state index in [4.69, 9.17) is 21.8 Å². The maximum atomic E-state index is 14.6. The molecule has 1 aliphatic heterocycles. The Morgan fingerprint density at radius 3 is 2.53 bits per heavy atom. The van der Waals surface area contributed by atoms with E-state index in [9.17, 15) is 28.4 Å². The van der Waals surface area contributed by atoms with Crippen LogP contribution in [0.1, 0.15) is 6.42 Å². The number of carboxylic acids is 2. The molecule has 1 aromatic carbocycles. The largest absolute Gasteiger partial charge is 0.481 e. The Morgan fingerprint density at radius 2 is 1.91 bits per heavy atom. The highest BCUT2D eigenvalue weighted by molar-refractivity contribution is 8.15. The predicted molar refractivity (Wildman–Crippen MR) is 112 cm³/mol. The Labute approximate surface area is 187 Å². The number of carbonyl (C=O) groups is 3. The van der Waals surface area contributed by atoms with Crippen LogP contribution in [0.15, 0.2) is 39.0 Å². The summed E-state index contributed by atoms with van der Waals surface area (Å²) in [5.74, 6) is -4.41. The highest BCUT2D eigenvalue weighted by Gasteiger charge is 2.40. The summed E-state index contributed by atoms with van der Waals surface area (Å²) in [5, 5.41) is 16.5. The summed E-state index contributed by atoms with van der Waals surface area (Å²) >= 11 is 6.76. The smallest absolute Gasteiger partial charge is 0.335 e. The molecule has 1 aliphatic rings. The van der Waals surface area contributed by atoms with Gasteiger partial charge in [-0.15, -0.1) is 0 Å². The van der Waals surface area contributed by atoms with Gasteiger partial charge in [0.1, 0.15) is 17.6 Å². The van der Waals surface area contributed by atoms with Gasteiger partial charge in [-0.25, -0.2) is 18.7 Å². The maximum Gasteiger partial charge on any atom is 0.335 e. The lowest BCUT2D eigenvalue weighted by Crippen LogP contribution is -2.37. The third-order valence-electron chi connectivity index (χ3n) is 4.30. The second-order valence-electron chi connectivity index (χ2n) is 6.55. The first kappa shape index (κ1) is 23.2. The number of carboxylic acid groups (broad SMARTS) is 2. The standard InChI is InChI=1S/C18H14ClFN4O7S/c1-22-3-2-13(25)24(18(22)31)11-5-10(8(19)4-9(11)20)21-17-23(7-15(28)29)16(30)12(32-17)6-14(26)27/h2-5,12H,6-7H2,1H3,(H,26,27)(H,28,29). The van der Waals surface area contributed by atoms with Crippen molar-refractivity contribution in [3.63, 3.8) is 0 Å². The summed E-state index contributed by atoms with van der Waals surface area (Å²) in [5.41, 5.74) is -2.27. The molecular weight excluding hydrogens is 471 g/mol. The second kappa shape index (κ2) is 8.96. The lowest BCUT2D eigenvalue weighted by molar-refractivity contribution is -0.142. The van der Waals surface area contributed by atoms with E-state index < -0.39 is 58.8 Å². The summed E-state index contributed by atoms with van der Waals surface area (Å²) in [7, 11) is 1.36. The van der Waals surface area contributed by atoms with Crippen LogP contribution in [0.2, 0.25) is 5.02 Å². The lowest BCUT2D eigenvalue weighted by Gasteiger charge is -2.14. The number of aryl methyl sites for hydroxylation is 1. The lowest BCUT2D eigenvalue weighted by atomic mass is 10.2. The number of thioether (sulfide) groups is 1. The van der Waals surface area contributed by atoms with E-state index in [1.54, 1.807) is 0 Å². The topological polar surface area (TPSA) is 151 Å². The second-order valence-corrected chi connectivity index (χ2v) is 8.13. The van der Waals surface area contributed by atoms with Crippen LogP contribution in [0.4, 0.5) is 10.1 Å². The zero-order valence-corrected chi connectivity index (χ0v) is 17.8. The molecule has 0 spiro atoms. The summed E-state index contributed by atoms with van der Waals surface area (Å²) < 4.78 is 16.2. The van der Waals surface area contributed by atoms with E-state index >= 15 is 0 Å². The number of hydrogen-bond donors (Lipinski definition) is 2. The fourth-order valence-corrected chi connectivity index (χ4v) is 4.17. The first-order valence-electron chi connectivity index (χ1n) is 8.78. The van der Waals surface area contributed by atoms with Gasteiger partial charge in [-0.2, -0.15) is 0 Å². The van der Waals surface area contributed by atoms with Gasteiger partial charge in [-0.05, 0) is 12.1 Å². The minimum Gasteiger partial charge on any atom is -0.481 e. The van der Waals surface area contributed by atoms with E-state index in [1.165, 1.54) is 13.2 Å². The van der Waals surface area contributed by atoms with Crippen LogP contribution < -0.4 is 11.2 Å². The number of halogens is 2. The van der Waals surface area contributed by atoms with Gasteiger partial charge in [-0.1, -0.05) is 23.4 Å². The number of hydrogen-bond acceptors (Lipinski definition) is 7. The molecule has 0 radical (unpaired) electrons. The molecule has 2 aromatic rings. The van der Waals surface area contributed by atoms with Crippen LogP contribution in [-0.4, -0.2) is 59.1 Å². The van der Waals surface area contributed by atoms with Crippen LogP contribution in [-0.2, 0) is 21.4 Å². The molecule has 1 atom stereocenters. The average Bonchev–Trinajstić information content (AvgIpc) is 2.96. The van der Waals surface area contributed by atoms with Crippen molar-refractivity contribution in [1.82, 2.24) is 14.0 Å². The van der Waals surface area contributed by atoms with Crippen molar-refractivity contribution < 1.29 is 29.0 Å². The Kier molecular flexibility index (Phi) is 6.50. The summed E-state index contributed by atoms with van der Waals surface area (Å²) in [4.78, 5) is 64.0. The summed E-state index contributed by atoms with van der Waals surface area (Å²) in [6.07, 6.45) is 0.639. The molecule has 32 heavy (non-hydrogen) atoms. The van der Waals surface area contributed by atoms with Crippen LogP contribution >= 0.6 is 23.4 Å². The van der Waals surface area contributed by atoms with E-state index in [2.05, 4.69) is 4.99 Å². The Balaban J connectivity index is 2.14. The van der Waals surface area contributed by atoms with Crippen molar-refractivity contribution in [1.29, 1.82) is 0 Å². The fraction of sp³-hybridized carbons (Fsp3) is 0.222. The molecule has 1 saturated heterocycles. The van der Waals surface area contributed by atoms with Gasteiger partial charge < -0.3 is 14.8 Å². The molecule has 168 valence electrons. The van der Waals surface area contributed by atoms with Crippen molar-refractivity contribution in [2.45, 2.75) is 11.7 Å². The van der Waals surface area contributed by atoms with Crippen LogP contribution in [0.3, 0.4) is 0 Å². The van der Waals surface area contributed by atoms with Crippen molar-refractivity contribution in [3.8, 4) is 5.69 Å². The minimum absolute atomic E-state index is 0.164.